The third kappa shape index (κ3) is 6.15. The summed E-state index contributed by atoms with van der Waals surface area (Å²) in [7, 11) is 0. The van der Waals surface area contributed by atoms with Crippen LogP contribution in [0.3, 0.4) is 0 Å². The zero-order valence-electron chi connectivity index (χ0n) is 11.4. The second-order valence-corrected chi connectivity index (χ2v) is 5.24. The number of nitrogens with two attached hydrogens (primary N) is 1. The molecule has 1 atom stereocenters. The molecule has 0 unspecified atom stereocenters. The second kappa shape index (κ2) is 7.16. The average molecular weight is 231 g/mol. The summed E-state index contributed by atoms with van der Waals surface area (Å²) in [6, 6.07) is 8.25. The molecule has 0 spiro atoms. The fraction of sp³-hybridized carbons (Fsp3) is 0.500. The third-order valence-electron chi connectivity index (χ3n) is 3.12. The van der Waals surface area contributed by atoms with E-state index in [-0.39, 0.29) is 0 Å². The molecule has 0 aliphatic rings. The molecule has 0 heterocycles. The quantitative estimate of drug-likeness (QED) is 0.562. The summed E-state index contributed by atoms with van der Waals surface area (Å²) in [6.07, 6.45) is 7.27. The van der Waals surface area contributed by atoms with Gasteiger partial charge in [-0.15, -0.1) is 0 Å². The standard InChI is InChI=1S/C16H25N/c1-13(2)5-4-6-14(3)7-8-15-9-11-16(17)12-10-15/h5,9-12,14H,4,6-8,17H2,1-3H3/t14-/m0/s1. The fourth-order valence-electron chi connectivity index (χ4n) is 1.90. The van der Waals surface area contributed by atoms with E-state index in [4.69, 9.17) is 5.73 Å². The van der Waals surface area contributed by atoms with Gasteiger partial charge in [0.1, 0.15) is 0 Å². The van der Waals surface area contributed by atoms with E-state index in [0.717, 1.165) is 18.0 Å². The van der Waals surface area contributed by atoms with E-state index in [2.05, 4.69) is 39.0 Å². The smallest absolute Gasteiger partial charge is 0.0314 e. The van der Waals surface area contributed by atoms with E-state index in [1.807, 2.05) is 12.1 Å². The lowest BCUT2D eigenvalue weighted by atomic mass is 9.96. The van der Waals surface area contributed by atoms with Crippen molar-refractivity contribution in [1.82, 2.24) is 0 Å². The summed E-state index contributed by atoms with van der Waals surface area (Å²) < 4.78 is 0. The molecule has 94 valence electrons. The number of hydrogen-bond acceptors (Lipinski definition) is 1. The zero-order chi connectivity index (χ0) is 12.7. The Morgan fingerprint density at radius 3 is 2.41 bits per heavy atom. The van der Waals surface area contributed by atoms with Crippen LogP contribution in [0.2, 0.25) is 0 Å². The van der Waals surface area contributed by atoms with Crippen molar-refractivity contribution in [2.45, 2.75) is 46.5 Å². The van der Waals surface area contributed by atoms with Crippen LogP contribution in [0.15, 0.2) is 35.9 Å². The largest absolute Gasteiger partial charge is 0.399 e. The van der Waals surface area contributed by atoms with Crippen molar-refractivity contribution in [2.24, 2.45) is 5.92 Å². The van der Waals surface area contributed by atoms with E-state index in [1.54, 1.807) is 0 Å². The summed E-state index contributed by atoms with van der Waals surface area (Å²) >= 11 is 0. The van der Waals surface area contributed by atoms with E-state index in [0.29, 0.717) is 0 Å². The Bertz CT molecular complexity index is 344. The first kappa shape index (κ1) is 13.8. The van der Waals surface area contributed by atoms with Crippen LogP contribution in [0, 0.1) is 5.92 Å². The Morgan fingerprint density at radius 2 is 1.82 bits per heavy atom. The number of nitrogen functional groups attached to an aromatic ring is 1. The van der Waals surface area contributed by atoms with Crippen LogP contribution < -0.4 is 5.73 Å². The molecular formula is C16H25N. The predicted molar refractivity (Wildman–Crippen MR) is 77.0 cm³/mol. The van der Waals surface area contributed by atoms with Crippen LogP contribution in [0.1, 0.15) is 45.6 Å². The third-order valence-corrected chi connectivity index (χ3v) is 3.12. The molecular weight excluding hydrogens is 206 g/mol. The number of hydrogen-bond donors (Lipinski definition) is 1. The topological polar surface area (TPSA) is 26.0 Å². The van der Waals surface area contributed by atoms with Gasteiger partial charge in [-0.05, 0) is 63.1 Å². The Morgan fingerprint density at radius 1 is 1.18 bits per heavy atom. The van der Waals surface area contributed by atoms with Crippen molar-refractivity contribution < 1.29 is 0 Å². The maximum absolute atomic E-state index is 5.67. The highest BCUT2D eigenvalue weighted by Crippen LogP contribution is 2.16. The summed E-state index contributed by atoms with van der Waals surface area (Å²) in [5, 5.41) is 0. The molecule has 1 rings (SSSR count). The minimum Gasteiger partial charge on any atom is -0.399 e. The van der Waals surface area contributed by atoms with E-state index < -0.39 is 0 Å². The van der Waals surface area contributed by atoms with Gasteiger partial charge in [-0.2, -0.15) is 0 Å². The van der Waals surface area contributed by atoms with E-state index >= 15 is 0 Å². The van der Waals surface area contributed by atoms with Crippen LogP contribution in [0.5, 0.6) is 0 Å². The van der Waals surface area contributed by atoms with Gasteiger partial charge in [0.15, 0.2) is 0 Å². The molecule has 1 nitrogen and oxygen atoms in total. The SMILES string of the molecule is CC(C)=CCC[C@H](C)CCc1ccc(N)cc1. The molecule has 1 aromatic rings. The second-order valence-electron chi connectivity index (χ2n) is 5.24. The van der Waals surface area contributed by atoms with Crippen molar-refractivity contribution >= 4 is 5.69 Å². The molecule has 0 amide bonds. The lowest BCUT2D eigenvalue weighted by Crippen LogP contribution is -1.97. The number of anilines is 1. The van der Waals surface area contributed by atoms with Gasteiger partial charge >= 0.3 is 0 Å². The molecule has 0 radical (unpaired) electrons. The minimum atomic E-state index is 0.795. The van der Waals surface area contributed by atoms with Crippen molar-refractivity contribution in [3.63, 3.8) is 0 Å². The predicted octanol–water partition coefficient (Wildman–Crippen LogP) is 4.58. The molecule has 0 saturated carbocycles. The molecule has 0 aromatic heterocycles. The first-order chi connectivity index (χ1) is 8.08. The maximum Gasteiger partial charge on any atom is 0.0314 e. The molecule has 17 heavy (non-hydrogen) atoms. The monoisotopic (exact) mass is 231 g/mol. The van der Waals surface area contributed by atoms with E-state index in [9.17, 15) is 0 Å². The van der Waals surface area contributed by atoms with Gasteiger partial charge in [-0.25, -0.2) is 0 Å². The van der Waals surface area contributed by atoms with E-state index in [1.165, 1.54) is 30.4 Å². The van der Waals surface area contributed by atoms with Crippen molar-refractivity contribution in [3.05, 3.63) is 41.5 Å². The van der Waals surface area contributed by atoms with Crippen LogP contribution >= 0.6 is 0 Å². The van der Waals surface area contributed by atoms with Gasteiger partial charge in [0, 0.05) is 5.69 Å². The highest BCUT2D eigenvalue weighted by atomic mass is 14.5. The van der Waals surface area contributed by atoms with Crippen molar-refractivity contribution in [3.8, 4) is 0 Å². The molecule has 0 bridgehead atoms. The number of allylic oxidation sites excluding steroid dienone is 2. The Labute approximate surface area is 106 Å². The molecule has 0 fully saturated rings. The van der Waals surface area contributed by atoms with Crippen LogP contribution in [0.25, 0.3) is 0 Å². The Kier molecular flexibility index (Phi) is 5.82. The molecule has 1 heteroatoms. The lowest BCUT2D eigenvalue weighted by molar-refractivity contribution is 0.497. The normalized spacial score (nSPS) is 12.2. The van der Waals surface area contributed by atoms with Gasteiger partial charge in [0.25, 0.3) is 0 Å². The van der Waals surface area contributed by atoms with Gasteiger partial charge in [-0.1, -0.05) is 30.7 Å². The van der Waals surface area contributed by atoms with Crippen molar-refractivity contribution in [1.29, 1.82) is 0 Å². The molecule has 0 saturated heterocycles. The number of benzene rings is 1. The van der Waals surface area contributed by atoms with Crippen LogP contribution in [-0.4, -0.2) is 0 Å². The number of aryl methyl sites for hydroxylation is 1. The van der Waals surface area contributed by atoms with Crippen LogP contribution in [0.4, 0.5) is 5.69 Å². The summed E-state index contributed by atoms with van der Waals surface area (Å²) in [6.45, 7) is 6.67. The molecule has 0 aliphatic carbocycles. The highest BCUT2D eigenvalue weighted by molar-refractivity contribution is 5.39. The van der Waals surface area contributed by atoms with Gasteiger partial charge < -0.3 is 5.73 Å². The lowest BCUT2D eigenvalue weighted by Gasteiger charge is -2.10. The first-order valence-electron chi connectivity index (χ1n) is 6.55. The molecule has 2 N–H and O–H groups in total. The molecule has 0 aliphatic heterocycles. The van der Waals surface area contributed by atoms with Crippen molar-refractivity contribution in [2.75, 3.05) is 5.73 Å². The Hall–Kier alpha value is -1.24. The van der Waals surface area contributed by atoms with Gasteiger partial charge in [0.2, 0.25) is 0 Å². The minimum absolute atomic E-state index is 0.795. The van der Waals surface area contributed by atoms with Crippen LogP contribution in [-0.2, 0) is 6.42 Å². The Balaban J connectivity index is 2.26. The summed E-state index contributed by atoms with van der Waals surface area (Å²) in [5.74, 6) is 0.795. The summed E-state index contributed by atoms with van der Waals surface area (Å²) in [4.78, 5) is 0. The maximum atomic E-state index is 5.67. The highest BCUT2D eigenvalue weighted by Gasteiger charge is 2.02. The molecule has 1 aromatic carbocycles. The first-order valence-corrected chi connectivity index (χ1v) is 6.55. The van der Waals surface area contributed by atoms with Gasteiger partial charge in [0.05, 0.1) is 0 Å². The zero-order valence-corrected chi connectivity index (χ0v) is 11.4. The number of rotatable bonds is 6. The summed E-state index contributed by atoms with van der Waals surface area (Å²) in [5.41, 5.74) is 9.35. The fourth-order valence-corrected chi connectivity index (χ4v) is 1.90. The average Bonchev–Trinajstić information content (AvgIpc) is 2.28. The van der Waals surface area contributed by atoms with Gasteiger partial charge in [-0.3, -0.25) is 0 Å².